The van der Waals surface area contributed by atoms with Crippen LogP contribution >= 0.6 is 11.8 Å². The summed E-state index contributed by atoms with van der Waals surface area (Å²) < 4.78 is 0. The minimum Gasteiger partial charge on any atom is -0.350 e. The Kier molecular flexibility index (Phi) is 4.28. The summed E-state index contributed by atoms with van der Waals surface area (Å²) in [5.74, 6) is 0.937. The summed E-state index contributed by atoms with van der Waals surface area (Å²) in [7, 11) is 0. The molecule has 2 rings (SSSR count). The number of carbonyl (C=O) groups excluding carboxylic acids is 2. The van der Waals surface area contributed by atoms with E-state index in [0.717, 1.165) is 24.6 Å². The monoisotopic (exact) mass is 257 g/mol. The molecule has 1 aliphatic carbocycles. The first-order valence-electron chi connectivity index (χ1n) is 6.14. The molecule has 2 fully saturated rings. The van der Waals surface area contributed by atoms with Crippen LogP contribution in [-0.2, 0) is 4.79 Å². The van der Waals surface area contributed by atoms with Crippen LogP contribution in [0.25, 0.3) is 0 Å². The van der Waals surface area contributed by atoms with Gasteiger partial charge in [0.1, 0.15) is 6.04 Å². The molecule has 1 aliphatic heterocycles. The van der Waals surface area contributed by atoms with Gasteiger partial charge >= 0.3 is 0 Å². The second-order valence-corrected chi connectivity index (χ2v) is 5.68. The van der Waals surface area contributed by atoms with E-state index in [4.69, 9.17) is 5.73 Å². The summed E-state index contributed by atoms with van der Waals surface area (Å²) in [6, 6.07) is -0.324. The Balaban J connectivity index is 1.85. The van der Waals surface area contributed by atoms with Crippen LogP contribution in [-0.4, -0.2) is 35.5 Å². The summed E-state index contributed by atoms with van der Waals surface area (Å²) in [6.45, 7) is 0.476. The van der Waals surface area contributed by atoms with Crippen molar-refractivity contribution < 1.29 is 9.59 Å². The van der Waals surface area contributed by atoms with Crippen molar-refractivity contribution in [2.75, 3.05) is 12.3 Å². The zero-order valence-electron chi connectivity index (χ0n) is 9.78. The lowest BCUT2D eigenvalue weighted by molar-refractivity contribution is -0.123. The lowest BCUT2D eigenvalue weighted by Crippen LogP contribution is -2.51. The summed E-state index contributed by atoms with van der Waals surface area (Å²) >= 11 is 1.16. The van der Waals surface area contributed by atoms with Crippen molar-refractivity contribution >= 4 is 22.9 Å². The first-order valence-corrected chi connectivity index (χ1v) is 7.13. The van der Waals surface area contributed by atoms with Crippen molar-refractivity contribution in [3.05, 3.63) is 0 Å². The molecule has 1 saturated heterocycles. The van der Waals surface area contributed by atoms with Crippen LogP contribution in [0.5, 0.6) is 0 Å². The number of hydrogen-bond donors (Lipinski definition) is 3. The van der Waals surface area contributed by atoms with Gasteiger partial charge < -0.3 is 16.4 Å². The van der Waals surface area contributed by atoms with Crippen LogP contribution in [0.1, 0.15) is 25.7 Å². The first-order chi connectivity index (χ1) is 8.20. The predicted octanol–water partition coefficient (Wildman–Crippen LogP) is 0.445. The van der Waals surface area contributed by atoms with Crippen molar-refractivity contribution in [2.45, 2.75) is 37.8 Å². The van der Waals surface area contributed by atoms with E-state index < -0.39 is 0 Å². The molecule has 0 radical (unpaired) electrons. The van der Waals surface area contributed by atoms with E-state index >= 15 is 0 Å². The van der Waals surface area contributed by atoms with Crippen LogP contribution in [0.2, 0.25) is 0 Å². The number of hydrogen-bond acceptors (Lipinski definition) is 4. The molecule has 2 unspecified atom stereocenters. The molecule has 0 aromatic heterocycles. The SMILES string of the molecule is NCC(NC(=O)C1CSC(=O)N1)C1CCCC1. The van der Waals surface area contributed by atoms with Crippen molar-refractivity contribution in [3.63, 3.8) is 0 Å². The molecule has 1 saturated carbocycles. The molecule has 96 valence electrons. The van der Waals surface area contributed by atoms with Crippen molar-refractivity contribution in [3.8, 4) is 0 Å². The molecule has 2 amide bonds. The second-order valence-electron chi connectivity index (χ2n) is 4.69. The van der Waals surface area contributed by atoms with E-state index in [1.165, 1.54) is 12.8 Å². The van der Waals surface area contributed by atoms with E-state index in [-0.39, 0.29) is 23.2 Å². The maximum Gasteiger partial charge on any atom is 0.279 e. The normalized spacial score (nSPS) is 26.9. The zero-order chi connectivity index (χ0) is 12.3. The average Bonchev–Trinajstić information content (AvgIpc) is 2.96. The Morgan fingerprint density at radius 2 is 2.24 bits per heavy atom. The van der Waals surface area contributed by atoms with Gasteiger partial charge in [-0.05, 0) is 18.8 Å². The highest BCUT2D eigenvalue weighted by molar-refractivity contribution is 8.14. The molecule has 0 aromatic carbocycles. The van der Waals surface area contributed by atoms with Gasteiger partial charge in [-0.25, -0.2) is 0 Å². The van der Waals surface area contributed by atoms with Gasteiger partial charge in [0.2, 0.25) is 5.91 Å². The van der Waals surface area contributed by atoms with E-state index in [0.29, 0.717) is 18.2 Å². The molecule has 2 aliphatic rings. The highest BCUT2D eigenvalue weighted by atomic mass is 32.2. The Hall–Kier alpha value is -0.750. The third kappa shape index (κ3) is 3.13. The fourth-order valence-electron chi connectivity index (χ4n) is 2.54. The van der Waals surface area contributed by atoms with Gasteiger partial charge in [0.05, 0.1) is 0 Å². The Bertz CT molecular complexity index is 305. The van der Waals surface area contributed by atoms with Gasteiger partial charge in [-0.1, -0.05) is 24.6 Å². The zero-order valence-corrected chi connectivity index (χ0v) is 10.6. The van der Waals surface area contributed by atoms with Gasteiger partial charge in [-0.3, -0.25) is 9.59 Å². The second kappa shape index (κ2) is 5.73. The molecule has 17 heavy (non-hydrogen) atoms. The van der Waals surface area contributed by atoms with Crippen molar-refractivity contribution in [1.82, 2.24) is 10.6 Å². The summed E-state index contributed by atoms with van der Waals surface area (Å²) in [5.41, 5.74) is 5.72. The smallest absolute Gasteiger partial charge is 0.279 e. The number of amides is 2. The van der Waals surface area contributed by atoms with Crippen molar-refractivity contribution in [1.29, 1.82) is 0 Å². The molecule has 1 heterocycles. The fourth-order valence-corrected chi connectivity index (χ4v) is 3.32. The first kappa shape index (κ1) is 12.7. The topological polar surface area (TPSA) is 84.2 Å². The van der Waals surface area contributed by atoms with Gasteiger partial charge in [-0.15, -0.1) is 0 Å². The minimum atomic E-state index is -0.386. The molecule has 2 atom stereocenters. The van der Waals surface area contributed by atoms with E-state index in [1.54, 1.807) is 0 Å². The highest BCUT2D eigenvalue weighted by Gasteiger charge is 2.31. The summed E-state index contributed by atoms with van der Waals surface area (Å²) in [4.78, 5) is 22.9. The van der Waals surface area contributed by atoms with Crippen LogP contribution in [0.15, 0.2) is 0 Å². The largest absolute Gasteiger partial charge is 0.350 e. The van der Waals surface area contributed by atoms with E-state index in [2.05, 4.69) is 10.6 Å². The van der Waals surface area contributed by atoms with Crippen LogP contribution in [0.3, 0.4) is 0 Å². The van der Waals surface area contributed by atoms with Gasteiger partial charge in [-0.2, -0.15) is 0 Å². The maximum atomic E-state index is 11.9. The lowest BCUT2D eigenvalue weighted by atomic mass is 9.98. The number of nitrogens with two attached hydrogens (primary N) is 1. The summed E-state index contributed by atoms with van der Waals surface area (Å²) in [6.07, 6.45) is 4.75. The third-order valence-corrected chi connectivity index (χ3v) is 4.42. The van der Waals surface area contributed by atoms with E-state index in [1.807, 2.05) is 0 Å². The number of carbonyl (C=O) groups is 2. The van der Waals surface area contributed by atoms with E-state index in [9.17, 15) is 9.59 Å². The minimum absolute atomic E-state index is 0.0625. The quantitative estimate of drug-likeness (QED) is 0.682. The highest BCUT2D eigenvalue weighted by Crippen LogP contribution is 2.27. The molecule has 0 spiro atoms. The number of rotatable bonds is 4. The number of thioether (sulfide) groups is 1. The molecular weight excluding hydrogens is 238 g/mol. The molecule has 6 heteroatoms. The Morgan fingerprint density at radius 1 is 1.53 bits per heavy atom. The third-order valence-electron chi connectivity index (χ3n) is 3.54. The lowest BCUT2D eigenvalue weighted by Gasteiger charge is -2.24. The Labute approximate surface area is 105 Å². The van der Waals surface area contributed by atoms with Gasteiger partial charge in [0.25, 0.3) is 5.24 Å². The molecule has 0 bridgehead atoms. The van der Waals surface area contributed by atoms with Gasteiger partial charge in [0.15, 0.2) is 0 Å². The Morgan fingerprint density at radius 3 is 2.76 bits per heavy atom. The molecular formula is C11H19N3O2S. The standard InChI is InChI=1S/C11H19N3O2S/c12-5-8(7-3-1-2-4-7)13-10(15)9-6-17-11(16)14-9/h7-9H,1-6,12H2,(H,13,15)(H,14,16). The maximum absolute atomic E-state index is 11.9. The molecule has 5 nitrogen and oxygen atoms in total. The van der Waals surface area contributed by atoms with Gasteiger partial charge in [0, 0.05) is 18.3 Å². The fraction of sp³-hybridized carbons (Fsp3) is 0.818. The summed E-state index contributed by atoms with van der Waals surface area (Å²) in [5, 5.41) is 5.51. The average molecular weight is 257 g/mol. The van der Waals surface area contributed by atoms with Crippen molar-refractivity contribution in [2.24, 2.45) is 11.7 Å². The molecule has 4 N–H and O–H groups in total. The van der Waals surface area contributed by atoms with Crippen LogP contribution in [0, 0.1) is 5.92 Å². The number of nitrogens with one attached hydrogen (secondary N) is 2. The van der Waals surface area contributed by atoms with Crippen LogP contribution < -0.4 is 16.4 Å². The molecule has 0 aromatic rings. The van der Waals surface area contributed by atoms with Crippen LogP contribution in [0.4, 0.5) is 4.79 Å². The predicted molar refractivity (Wildman–Crippen MR) is 67.7 cm³/mol.